The van der Waals surface area contributed by atoms with Crippen LogP contribution < -0.4 is 0 Å². The molecule has 0 spiro atoms. The van der Waals surface area contributed by atoms with Crippen molar-refractivity contribution >= 4 is 5.97 Å². The molecule has 27 heavy (non-hydrogen) atoms. The standard InChI is InChI=1S/C18H36O2.C6H10O/c1-2-3-4-5-6-7-8-9-10-11-12-13-14-15-16-17-18(19)20;1-2-3-4-5-6-7/h2-17H2,1H3,(H,19,20);2-5,7H,6H2,1H3. The summed E-state index contributed by atoms with van der Waals surface area (Å²) in [5, 5.41) is 16.7. The Balaban J connectivity index is 0. The Morgan fingerprint density at radius 1 is 0.704 bits per heavy atom. The zero-order valence-electron chi connectivity index (χ0n) is 18.1. The van der Waals surface area contributed by atoms with E-state index in [1.807, 2.05) is 19.1 Å². The molecule has 0 saturated heterocycles. The van der Waals surface area contributed by atoms with E-state index in [-0.39, 0.29) is 6.61 Å². The first-order valence-electron chi connectivity index (χ1n) is 11.3. The van der Waals surface area contributed by atoms with Crippen LogP contribution in [0.3, 0.4) is 0 Å². The van der Waals surface area contributed by atoms with Gasteiger partial charge in [-0.25, -0.2) is 0 Å². The van der Waals surface area contributed by atoms with Gasteiger partial charge in [-0.1, -0.05) is 121 Å². The first-order valence-corrected chi connectivity index (χ1v) is 11.3. The van der Waals surface area contributed by atoms with E-state index in [4.69, 9.17) is 10.2 Å². The number of rotatable bonds is 18. The molecular formula is C24H46O3. The molecule has 0 aliphatic heterocycles. The van der Waals surface area contributed by atoms with Crippen molar-refractivity contribution in [1.29, 1.82) is 0 Å². The summed E-state index contributed by atoms with van der Waals surface area (Å²) in [7, 11) is 0. The Morgan fingerprint density at radius 2 is 1.11 bits per heavy atom. The van der Waals surface area contributed by atoms with Gasteiger partial charge in [-0.3, -0.25) is 4.79 Å². The number of aliphatic hydroxyl groups is 1. The molecule has 0 aromatic carbocycles. The highest BCUT2D eigenvalue weighted by molar-refractivity contribution is 5.66. The molecule has 0 radical (unpaired) electrons. The normalized spacial score (nSPS) is 11.1. The van der Waals surface area contributed by atoms with Crippen molar-refractivity contribution in [3.05, 3.63) is 24.3 Å². The number of aliphatic hydroxyl groups excluding tert-OH is 1. The van der Waals surface area contributed by atoms with E-state index >= 15 is 0 Å². The molecule has 2 N–H and O–H groups in total. The van der Waals surface area contributed by atoms with E-state index in [0.29, 0.717) is 6.42 Å². The number of unbranched alkanes of at least 4 members (excludes halogenated alkanes) is 14. The first-order chi connectivity index (χ1) is 13.2. The summed E-state index contributed by atoms with van der Waals surface area (Å²) in [6.45, 7) is 4.33. The highest BCUT2D eigenvalue weighted by atomic mass is 16.4. The average molecular weight is 383 g/mol. The zero-order valence-corrected chi connectivity index (χ0v) is 18.1. The molecule has 0 atom stereocenters. The lowest BCUT2D eigenvalue weighted by atomic mass is 10.0. The lowest BCUT2D eigenvalue weighted by molar-refractivity contribution is -0.137. The summed E-state index contributed by atoms with van der Waals surface area (Å²) in [5.41, 5.74) is 0. The molecule has 0 aromatic rings. The number of carbonyl (C=O) groups is 1. The smallest absolute Gasteiger partial charge is 0.303 e. The van der Waals surface area contributed by atoms with Crippen LogP contribution in [0.15, 0.2) is 24.3 Å². The number of aliphatic carboxylic acids is 1. The molecule has 0 amide bonds. The van der Waals surface area contributed by atoms with Crippen LogP contribution >= 0.6 is 0 Å². The Bertz CT molecular complexity index is 335. The van der Waals surface area contributed by atoms with Crippen LogP contribution in [0.2, 0.25) is 0 Å². The minimum absolute atomic E-state index is 0.129. The fourth-order valence-electron chi connectivity index (χ4n) is 2.90. The van der Waals surface area contributed by atoms with Gasteiger partial charge in [0.1, 0.15) is 0 Å². The highest BCUT2D eigenvalue weighted by Crippen LogP contribution is 2.13. The van der Waals surface area contributed by atoms with Crippen molar-refractivity contribution in [2.45, 2.75) is 117 Å². The fourth-order valence-corrected chi connectivity index (χ4v) is 2.90. The van der Waals surface area contributed by atoms with Crippen LogP contribution in [0.1, 0.15) is 117 Å². The van der Waals surface area contributed by atoms with E-state index in [9.17, 15) is 4.79 Å². The minimum Gasteiger partial charge on any atom is -0.481 e. The number of carboxylic acids is 1. The van der Waals surface area contributed by atoms with Crippen molar-refractivity contribution in [3.63, 3.8) is 0 Å². The second-order valence-electron chi connectivity index (χ2n) is 7.23. The maximum atomic E-state index is 10.3. The van der Waals surface area contributed by atoms with Gasteiger partial charge in [-0.15, -0.1) is 0 Å². The zero-order chi connectivity index (χ0) is 20.4. The molecular weight excluding hydrogens is 336 g/mol. The lowest BCUT2D eigenvalue weighted by Gasteiger charge is -2.03. The molecule has 0 rings (SSSR count). The van der Waals surface area contributed by atoms with Crippen molar-refractivity contribution in [2.24, 2.45) is 0 Å². The van der Waals surface area contributed by atoms with Gasteiger partial charge in [0, 0.05) is 6.42 Å². The average Bonchev–Trinajstić information content (AvgIpc) is 2.65. The van der Waals surface area contributed by atoms with Crippen LogP contribution in [0, 0.1) is 0 Å². The maximum absolute atomic E-state index is 10.3. The minimum atomic E-state index is -0.653. The van der Waals surface area contributed by atoms with E-state index < -0.39 is 5.97 Å². The lowest BCUT2D eigenvalue weighted by Crippen LogP contribution is -1.93. The Kier molecular flexibility index (Phi) is 28.3. The van der Waals surface area contributed by atoms with Crippen molar-refractivity contribution < 1.29 is 15.0 Å². The monoisotopic (exact) mass is 382 g/mol. The highest BCUT2D eigenvalue weighted by Gasteiger charge is 1.97. The van der Waals surface area contributed by atoms with Crippen molar-refractivity contribution in [2.75, 3.05) is 6.61 Å². The second-order valence-corrected chi connectivity index (χ2v) is 7.23. The van der Waals surface area contributed by atoms with Gasteiger partial charge in [-0.2, -0.15) is 0 Å². The summed E-state index contributed by atoms with van der Waals surface area (Å²) in [5.74, 6) is -0.653. The van der Waals surface area contributed by atoms with Crippen LogP contribution in [0.25, 0.3) is 0 Å². The van der Waals surface area contributed by atoms with E-state index in [2.05, 4.69) is 6.92 Å². The number of carboxylic acid groups (broad SMARTS) is 1. The molecule has 0 fully saturated rings. The van der Waals surface area contributed by atoms with Crippen LogP contribution in [0.4, 0.5) is 0 Å². The fraction of sp³-hybridized carbons (Fsp3) is 0.792. The van der Waals surface area contributed by atoms with Gasteiger partial charge in [0.05, 0.1) is 6.61 Å². The Morgan fingerprint density at radius 3 is 1.44 bits per heavy atom. The molecule has 3 heteroatoms. The molecule has 0 unspecified atom stereocenters. The van der Waals surface area contributed by atoms with Crippen LogP contribution in [0.5, 0.6) is 0 Å². The van der Waals surface area contributed by atoms with Gasteiger partial charge in [0.25, 0.3) is 0 Å². The molecule has 0 aromatic heterocycles. The molecule has 0 heterocycles. The molecule has 0 aliphatic carbocycles. The third-order valence-electron chi connectivity index (χ3n) is 4.54. The topological polar surface area (TPSA) is 57.5 Å². The SMILES string of the molecule is CC=CC=CCO.CCCCCCCCCCCCCCCCCC(=O)O. The van der Waals surface area contributed by atoms with E-state index in [1.54, 1.807) is 12.2 Å². The summed E-state index contributed by atoms with van der Waals surface area (Å²) < 4.78 is 0. The predicted octanol–water partition coefficient (Wildman–Crippen LogP) is 7.44. The van der Waals surface area contributed by atoms with Gasteiger partial charge >= 0.3 is 5.97 Å². The summed E-state index contributed by atoms with van der Waals surface area (Å²) in [6, 6.07) is 0. The van der Waals surface area contributed by atoms with Crippen LogP contribution in [-0.2, 0) is 4.79 Å². The molecule has 0 aliphatic rings. The molecule has 0 bridgehead atoms. The number of hydrogen-bond acceptors (Lipinski definition) is 2. The third kappa shape index (κ3) is 33.0. The summed E-state index contributed by atoms with van der Waals surface area (Å²) >= 11 is 0. The largest absolute Gasteiger partial charge is 0.481 e. The quantitative estimate of drug-likeness (QED) is 0.191. The summed E-state index contributed by atoms with van der Waals surface area (Å²) in [4.78, 5) is 10.3. The molecule has 160 valence electrons. The molecule has 3 nitrogen and oxygen atoms in total. The van der Waals surface area contributed by atoms with E-state index in [1.165, 1.54) is 83.5 Å². The number of allylic oxidation sites excluding steroid dienone is 3. The van der Waals surface area contributed by atoms with Gasteiger partial charge < -0.3 is 10.2 Å². The van der Waals surface area contributed by atoms with Crippen LogP contribution in [-0.4, -0.2) is 22.8 Å². The van der Waals surface area contributed by atoms with E-state index in [0.717, 1.165) is 12.8 Å². The first kappa shape index (κ1) is 28.1. The Hall–Kier alpha value is -1.09. The van der Waals surface area contributed by atoms with Gasteiger partial charge in [0.15, 0.2) is 0 Å². The third-order valence-corrected chi connectivity index (χ3v) is 4.54. The predicted molar refractivity (Wildman–Crippen MR) is 118 cm³/mol. The van der Waals surface area contributed by atoms with Gasteiger partial charge in [0.2, 0.25) is 0 Å². The number of hydrogen-bond donors (Lipinski definition) is 2. The Labute approximate surface area is 169 Å². The maximum Gasteiger partial charge on any atom is 0.303 e. The summed E-state index contributed by atoms with van der Waals surface area (Å²) in [6.07, 6.45) is 27.5. The van der Waals surface area contributed by atoms with Crippen molar-refractivity contribution in [3.8, 4) is 0 Å². The van der Waals surface area contributed by atoms with Gasteiger partial charge in [-0.05, 0) is 13.3 Å². The molecule has 0 saturated carbocycles. The van der Waals surface area contributed by atoms with Crippen molar-refractivity contribution in [1.82, 2.24) is 0 Å². The second kappa shape index (κ2) is 27.1.